The fourth-order valence-corrected chi connectivity index (χ4v) is 1.78. The van der Waals surface area contributed by atoms with E-state index in [9.17, 15) is 5.11 Å². The lowest BCUT2D eigenvalue weighted by Gasteiger charge is -2.11. The quantitative estimate of drug-likeness (QED) is 0.765. The number of hydrogen-bond acceptors (Lipinski definition) is 6. The number of nitrogens with one attached hydrogen (secondary N) is 1. The largest absolute Gasteiger partial charge is 0.387 e. The molecule has 0 spiro atoms. The first-order valence-electron chi connectivity index (χ1n) is 6.37. The van der Waals surface area contributed by atoms with Crippen molar-refractivity contribution in [2.24, 2.45) is 0 Å². The predicted molar refractivity (Wildman–Crippen MR) is 71.7 cm³/mol. The van der Waals surface area contributed by atoms with Crippen LogP contribution in [0.4, 0.5) is 0 Å². The highest BCUT2D eigenvalue weighted by molar-refractivity contribution is 5.32. The monoisotopic (exact) mass is 272 g/mol. The molecule has 0 aliphatic rings. The van der Waals surface area contributed by atoms with Gasteiger partial charge in [-0.2, -0.15) is 10.2 Å². The number of rotatable bonds is 6. The molecule has 1 unspecified atom stereocenters. The van der Waals surface area contributed by atoms with Gasteiger partial charge in [0.1, 0.15) is 0 Å². The molecule has 2 rings (SSSR count). The molecule has 0 saturated heterocycles. The van der Waals surface area contributed by atoms with E-state index in [0.717, 1.165) is 5.56 Å². The van der Waals surface area contributed by atoms with E-state index >= 15 is 0 Å². The third-order valence-corrected chi connectivity index (χ3v) is 2.86. The van der Waals surface area contributed by atoms with Crippen molar-refractivity contribution in [2.45, 2.75) is 19.4 Å². The van der Waals surface area contributed by atoms with E-state index in [2.05, 4.69) is 15.5 Å². The van der Waals surface area contributed by atoms with Crippen molar-refractivity contribution in [3.63, 3.8) is 0 Å². The molecule has 1 heterocycles. The lowest BCUT2D eigenvalue weighted by atomic mass is 10.1. The predicted octanol–water partition coefficient (Wildman–Crippen LogP) is 1.12. The van der Waals surface area contributed by atoms with Crippen LogP contribution in [-0.2, 0) is 6.42 Å². The van der Waals surface area contributed by atoms with Crippen LogP contribution in [-0.4, -0.2) is 28.3 Å². The van der Waals surface area contributed by atoms with Gasteiger partial charge in [-0.15, -0.1) is 0 Å². The normalized spacial score (nSPS) is 12.1. The van der Waals surface area contributed by atoms with Crippen LogP contribution < -0.4 is 5.32 Å². The zero-order valence-electron chi connectivity index (χ0n) is 11.2. The first-order chi connectivity index (χ1) is 9.69. The second-order valence-electron chi connectivity index (χ2n) is 4.43. The van der Waals surface area contributed by atoms with Crippen LogP contribution in [0.5, 0.6) is 0 Å². The number of hydrogen-bond donors (Lipinski definition) is 2. The van der Waals surface area contributed by atoms with E-state index in [0.29, 0.717) is 36.8 Å². The van der Waals surface area contributed by atoms with Crippen LogP contribution in [0, 0.1) is 18.3 Å². The van der Waals surface area contributed by atoms with Gasteiger partial charge in [-0.05, 0) is 17.7 Å². The minimum Gasteiger partial charge on any atom is -0.387 e. The molecule has 2 aromatic rings. The standard InChI is InChI=1S/C14H16N4O2/c1-10-17-14(18-20-10)6-7-16-9-13(19)12-4-2-11(8-15)3-5-12/h2-5,13,16,19H,6-7,9H2,1H3. The summed E-state index contributed by atoms with van der Waals surface area (Å²) < 4.78 is 4.87. The second-order valence-corrected chi connectivity index (χ2v) is 4.43. The molecule has 20 heavy (non-hydrogen) atoms. The number of aliphatic hydroxyl groups is 1. The van der Waals surface area contributed by atoms with Crippen molar-refractivity contribution in [1.29, 1.82) is 5.26 Å². The van der Waals surface area contributed by atoms with Gasteiger partial charge in [-0.3, -0.25) is 0 Å². The maximum Gasteiger partial charge on any atom is 0.223 e. The summed E-state index contributed by atoms with van der Waals surface area (Å²) in [6.45, 7) is 2.84. The number of aryl methyl sites for hydroxylation is 1. The van der Waals surface area contributed by atoms with Crippen molar-refractivity contribution in [3.8, 4) is 6.07 Å². The third kappa shape index (κ3) is 3.88. The second kappa shape index (κ2) is 6.80. The highest BCUT2D eigenvalue weighted by atomic mass is 16.5. The number of aliphatic hydroxyl groups excluding tert-OH is 1. The van der Waals surface area contributed by atoms with Crippen molar-refractivity contribution >= 4 is 0 Å². The van der Waals surface area contributed by atoms with Crippen molar-refractivity contribution in [2.75, 3.05) is 13.1 Å². The fraction of sp³-hybridized carbons (Fsp3) is 0.357. The smallest absolute Gasteiger partial charge is 0.223 e. The number of aromatic nitrogens is 2. The van der Waals surface area contributed by atoms with Crippen LogP contribution >= 0.6 is 0 Å². The Morgan fingerprint density at radius 1 is 1.40 bits per heavy atom. The summed E-state index contributed by atoms with van der Waals surface area (Å²) in [6.07, 6.45) is 0.0481. The third-order valence-electron chi connectivity index (χ3n) is 2.86. The number of benzene rings is 1. The molecule has 104 valence electrons. The van der Waals surface area contributed by atoms with Gasteiger partial charge >= 0.3 is 0 Å². The Morgan fingerprint density at radius 2 is 2.15 bits per heavy atom. The van der Waals surface area contributed by atoms with E-state index in [4.69, 9.17) is 9.78 Å². The molecule has 0 amide bonds. The first kappa shape index (κ1) is 14.2. The Kier molecular flexibility index (Phi) is 4.82. The van der Waals surface area contributed by atoms with Gasteiger partial charge in [0, 0.05) is 26.4 Å². The molecule has 1 aromatic carbocycles. The van der Waals surface area contributed by atoms with Gasteiger partial charge in [-0.1, -0.05) is 17.3 Å². The molecule has 6 nitrogen and oxygen atoms in total. The van der Waals surface area contributed by atoms with Crippen LogP contribution in [0.25, 0.3) is 0 Å². The lowest BCUT2D eigenvalue weighted by Crippen LogP contribution is -2.24. The van der Waals surface area contributed by atoms with Gasteiger partial charge in [0.25, 0.3) is 0 Å². The van der Waals surface area contributed by atoms with Crippen molar-refractivity contribution < 1.29 is 9.63 Å². The Hall–Kier alpha value is -2.23. The summed E-state index contributed by atoms with van der Waals surface area (Å²) >= 11 is 0. The summed E-state index contributed by atoms with van der Waals surface area (Å²) in [5.41, 5.74) is 1.37. The summed E-state index contributed by atoms with van der Waals surface area (Å²) in [5.74, 6) is 1.21. The molecule has 0 fully saturated rings. The highest BCUT2D eigenvalue weighted by Gasteiger charge is 2.07. The van der Waals surface area contributed by atoms with Gasteiger partial charge in [-0.25, -0.2) is 0 Å². The van der Waals surface area contributed by atoms with Crippen LogP contribution in [0.15, 0.2) is 28.8 Å². The molecule has 0 radical (unpaired) electrons. The van der Waals surface area contributed by atoms with E-state index in [1.54, 1.807) is 31.2 Å². The van der Waals surface area contributed by atoms with Crippen molar-refractivity contribution in [1.82, 2.24) is 15.5 Å². The minimum absolute atomic E-state index is 0.433. The SMILES string of the molecule is Cc1nc(CCNCC(O)c2ccc(C#N)cc2)no1. The van der Waals surface area contributed by atoms with Gasteiger partial charge in [0.15, 0.2) is 5.82 Å². The van der Waals surface area contributed by atoms with Gasteiger partial charge in [0.2, 0.25) is 5.89 Å². The molecule has 6 heteroatoms. The van der Waals surface area contributed by atoms with Crippen LogP contribution in [0.1, 0.15) is 28.9 Å². The summed E-state index contributed by atoms with van der Waals surface area (Å²) in [5, 5.41) is 25.6. The number of nitriles is 1. The van der Waals surface area contributed by atoms with E-state index < -0.39 is 6.10 Å². The summed E-state index contributed by atoms with van der Waals surface area (Å²) in [6, 6.07) is 8.95. The number of nitrogens with zero attached hydrogens (tertiary/aromatic N) is 3. The minimum atomic E-state index is -0.602. The first-order valence-corrected chi connectivity index (χ1v) is 6.37. The Balaban J connectivity index is 1.74. The Morgan fingerprint density at radius 3 is 2.75 bits per heavy atom. The molecule has 0 aliphatic heterocycles. The molecule has 1 aromatic heterocycles. The molecular formula is C14H16N4O2. The molecule has 1 atom stereocenters. The van der Waals surface area contributed by atoms with E-state index in [-0.39, 0.29) is 0 Å². The molecule has 0 bridgehead atoms. The Bertz CT molecular complexity index is 586. The average molecular weight is 272 g/mol. The van der Waals surface area contributed by atoms with E-state index in [1.807, 2.05) is 6.07 Å². The maximum absolute atomic E-state index is 9.99. The Labute approximate surface area is 117 Å². The zero-order valence-corrected chi connectivity index (χ0v) is 11.2. The molecule has 2 N–H and O–H groups in total. The lowest BCUT2D eigenvalue weighted by molar-refractivity contribution is 0.175. The van der Waals surface area contributed by atoms with Crippen LogP contribution in [0.3, 0.4) is 0 Å². The van der Waals surface area contributed by atoms with Crippen molar-refractivity contribution in [3.05, 3.63) is 47.1 Å². The zero-order chi connectivity index (χ0) is 14.4. The van der Waals surface area contributed by atoms with E-state index in [1.165, 1.54) is 0 Å². The summed E-state index contributed by atoms with van der Waals surface area (Å²) in [4.78, 5) is 4.09. The molecular weight excluding hydrogens is 256 g/mol. The average Bonchev–Trinajstić information content (AvgIpc) is 2.89. The molecule has 0 aliphatic carbocycles. The van der Waals surface area contributed by atoms with Crippen LogP contribution in [0.2, 0.25) is 0 Å². The van der Waals surface area contributed by atoms with Gasteiger partial charge in [0.05, 0.1) is 17.7 Å². The topological polar surface area (TPSA) is 95.0 Å². The summed E-state index contributed by atoms with van der Waals surface area (Å²) in [7, 11) is 0. The maximum atomic E-state index is 9.99. The highest BCUT2D eigenvalue weighted by Crippen LogP contribution is 2.12. The van der Waals surface area contributed by atoms with Gasteiger partial charge < -0.3 is 14.9 Å². The fourth-order valence-electron chi connectivity index (χ4n) is 1.78. The molecule has 0 saturated carbocycles.